The lowest BCUT2D eigenvalue weighted by Gasteiger charge is -2.18. The summed E-state index contributed by atoms with van der Waals surface area (Å²) in [4.78, 5) is 0. The highest BCUT2D eigenvalue weighted by molar-refractivity contribution is 9.10. The van der Waals surface area contributed by atoms with Crippen LogP contribution in [0.1, 0.15) is 25.0 Å². The third-order valence-electron chi connectivity index (χ3n) is 2.92. The molecule has 2 rings (SSSR count). The average Bonchev–Trinajstić information content (AvgIpc) is 2.83. The maximum absolute atomic E-state index is 5.43. The largest absolute Gasteiger partial charge is 0.453 e. The van der Waals surface area contributed by atoms with Crippen molar-refractivity contribution in [1.82, 2.24) is 5.32 Å². The molecule has 2 unspecified atom stereocenters. The molecule has 1 N–H and O–H groups in total. The third kappa shape index (κ3) is 2.83. The van der Waals surface area contributed by atoms with E-state index in [-0.39, 0.29) is 0 Å². The first-order valence-electron chi connectivity index (χ1n) is 5.30. The molecule has 2 atom stereocenters. The van der Waals surface area contributed by atoms with E-state index in [2.05, 4.69) is 21.2 Å². The first-order valence-corrected chi connectivity index (χ1v) is 6.09. The minimum Gasteiger partial charge on any atom is -0.453 e. The molecule has 4 heteroatoms. The molecule has 0 aliphatic heterocycles. The second kappa shape index (κ2) is 5.14. The van der Waals surface area contributed by atoms with Gasteiger partial charge in [-0.15, -0.1) is 0 Å². The van der Waals surface area contributed by atoms with Crippen molar-refractivity contribution in [3.8, 4) is 0 Å². The van der Waals surface area contributed by atoms with Crippen molar-refractivity contribution < 1.29 is 9.15 Å². The molecule has 0 amide bonds. The third-order valence-corrected chi connectivity index (χ3v) is 3.35. The number of ether oxygens (including phenoxy) is 1. The van der Waals surface area contributed by atoms with Gasteiger partial charge in [0.2, 0.25) is 0 Å². The van der Waals surface area contributed by atoms with E-state index in [1.54, 1.807) is 7.11 Å². The first kappa shape index (κ1) is 11.2. The molecule has 0 saturated heterocycles. The van der Waals surface area contributed by atoms with E-state index in [4.69, 9.17) is 9.15 Å². The topological polar surface area (TPSA) is 34.4 Å². The Morgan fingerprint density at radius 1 is 1.53 bits per heavy atom. The molecule has 15 heavy (non-hydrogen) atoms. The lowest BCUT2D eigenvalue weighted by Crippen LogP contribution is -2.36. The van der Waals surface area contributed by atoms with Crippen molar-refractivity contribution in [3.05, 3.63) is 22.6 Å². The van der Waals surface area contributed by atoms with E-state index < -0.39 is 0 Å². The van der Waals surface area contributed by atoms with Gasteiger partial charge in [-0.1, -0.05) is 0 Å². The number of nitrogens with one attached hydrogen (secondary N) is 1. The van der Waals surface area contributed by atoms with Crippen LogP contribution in [-0.2, 0) is 11.3 Å². The van der Waals surface area contributed by atoms with E-state index in [0.717, 1.165) is 23.4 Å². The molecule has 1 aromatic heterocycles. The fourth-order valence-corrected chi connectivity index (χ4v) is 2.46. The molecule has 84 valence electrons. The van der Waals surface area contributed by atoms with Crippen molar-refractivity contribution in [2.24, 2.45) is 0 Å². The van der Waals surface area contributed by atoms with Gasteiger partial charge in [0.1, 0.15) is 5.76 Å². The molecule has 0 bridgehead atoms. The number of rotatable bonds is 4. The summed E-state index contributed by atoms with van der Waals surface area (Å²) in [7, 11) is 1.79. The average molecular weight is 274 g/mol. The van der Waals surface area contributed by atoms with E-state index in [1.807, 2.05) is 12.1 Å². The molecule has 1 aliphatic rings. The number of halogens is 1. The van der Waals surface area contributed by atoms with Gasteiger partial charge in [-0.25, -0.2) is 0 Å². The van der Waals surface area contributed by atoms with Crippen LogP contribution in [0.4, 0.5) is 0 Å². The van der Waals surface area contributed by atoms with Crippen molar-refractivity contribution in [3.63, 3.8) is 0 Å². The molecule has 1 fully saturated rings. The smallest absolute Gasteiger partial charge is 0.169 e. The van der Waals surface area contributed by atoms with E-state index in [1.165, 1.54) is 12.8 Å². The lowest BCUT2D eigenvalue weighted by atomic mass is 10.2. The van der Waals surface area contributed by atoms with Crippen LogP contribution in [0.2, 0.25) is 0 Å². The molecule has 0 aromatic carbocycles. The molecule has 3 nitrogen and oxygen atoms in total. The van der Waals surface area contributed by atoms with E-state index in [0.29, 0.717) is 12.1 Å². The number of hydrogen-bond acceptors (Lipinski definition) is 3. The highest BCUT2D eigenvalue weighted by Crippen LogP contribution is 2.22. The maximum Gasteiger partial charge on any atom is 0.169 e. The van der Waals surface area contributed by atoms with Crippen LogP contribution in [0.5, 0.6) is 0 Å². The molecule has 1 heterocycles. The molecular formula is C11H16BrNO2. The van der Waals surface area contributed by atoms with Crippen LogP contribution in [-0.4, -0.2) is 19.3 Å². The first-order chi connectivity index (χ1) is 7.29. The Hall–Kier alpha value is -0.320. The molecular weight excluding hydrogens is 258 g/mol. The number of hydrogen-bond donors (Lipinski definition) is 1. The molecule has 1 saturated carbocycles. The SMILES string of the molecule is COC1CCCC1NCc1ccc(Br)o1. The molecule has 1 aliphatic carbocycles. The van der Waals surface area contributed by atoms with Crippen molar-refractivity contribution in [1.29, 1.82) is 0 Å². The summed E-state index contributed by atoms with van der Waals surface area (Å²) in [6.45, 7) is 0.774. The van der Waals surface area contributed by atoms with Crippen molar-refractivity contribution in [2.75, 3.05) is 7.11 Å². The van der Waals surface area contributed by atoms with Gasteiger partial charge in [-0.3, -0.25) is 0 Å². The zero-order chi connectivity index (χ0) is 10.7. The Morgan fingerprint density at radius 2 is 2.40 bits per heavy atom. The van der Waals surface area contributed by atoms with Gasteiger partial charge >= 0.3 is 0 Å². The fourth-order valence-electron chi connectivity index (χ4n) is 2.12. The van der Waals surface area contributed by atoms with Crippen LogP contribution in [0.25, 0.3) is 0 Å². The lowest BCUT2D eigenvalue weighted by molar-refractivity contribution is 0.0841. The summed E-state index contributed by atoms with van der Waals surface area (Å²) >= 11 is 3.29. The van der Waals surface area contributed by atoms with Crippen molar-refractivity contribution in [2.45, 2.75) is 38.0 Å². The van der Waals surface area contributed by atoms with Crippen LogP contribution in [0.15, 0.2) is 21.2 Å². The Bertz CT molecular complexity index is 313. The zero-order valence-electron chi connectivity index (χ0n) is 8.83. The Labute approximate surface area is 98.3 Å². The van der Waals surface area contributed by atoms with E-state index >= 15 is 0 Å². The summed E-state index contributed by atoms with van der Waals surface area (Å²) in [6, 6.07) is 4.37. The van der Waals surface area contributed by atoms with Crippen LogP contribution >= 0.6 is 15.9 Å². The predicted molar refractivity (Wildman–Crippen MR) is 61.7 cm³/mol. The van der Waals surface area contributed by atoms with Gasteiger partial charge in [0, 0.05) is 13.2 Å². The normalized spacial score (nSPS) is 26.0. The Morgan fingerprint density at radius 3 is 3.07 bits per heavy atom. The second-order valence-electron chi connectivity index (χ2n) is 3.90. The Balaban J connectivity index is 1.82. The highest BCUT2D eigenvalue weighted by Gasteiger charge is 2.26. The van der Waals surface area contributed by atoms with E-state index in [9.17, 15) is 0 Å². The van der Waals surface area contributed by atoms with Gasteiger partial charge in [-0.2, -0.15) is 0 Å². The highest BCUT2D eigenvalue weighted by atomic mass is 79.9. The summed E-state index contributed by atoms with van der Waals surface area (Å²) in [6.07, 6.45) is 3.97. The second-order valence-corrected chi connectivity index (χ2v) is 4.68. The van der Waals surface area contributed by atoms with Gasteiger partial charge in [-0.05, 0) is 47.3 Å². The standard InChI is InChI=1S/C11H16BrNO2/c1-14-10-4-2-3-9(10)13-7-8-5-6-11(12)15-8/h5-6,9-10,13H,2-4,7H2,1H3. The van der Waals surface area contributed by atoms with Gasteiger partial charge in [0.05, 0.1) is 12.6 Å². The number of methoxy groups -OCH3 is 1. The van der Waals surface area contributed by atoms with Gasteiger partial charge in [0.25, 0.3) is 0 Å². The van der Waals surface area contributed by atoms with Crippen LogP contribution in [0.3, 0.4) is 0 Å². The number of furan rings is 1. The van der Waals surface area contributed by atoms with Gasteiger partial charge in [0.15, 0.2) is 4.67 Å². The maximum atomic E-state index is 5.43. The predicted octanol–water partition coefficient (Wildman–Crippen LogP) is 2.70. The van der Waals surface area contributed by atoms with Gasteiger partial charge < -0.3 is 14.5 Å². The summed E-state index contributed by atoms with van der Waals surface area (Å²) in [5, 5.41) is 3.47. The molecule has 0 spiro atoms. The zero-order valence-corrected chi connectivity index (χ0v) is 10.4. The Kier molecular flexibility index (Phi) is 3.83. The summed E-state index contributed by atoms with van der Waals surface area (Å²) < 4.78 is 11.6. The quantitative estimate of drug-likeness (QED) is 0.916. The minimum atomic E-state index is 0.364. The molecule has 1 aromatic rings. The summed E-state index contributed by atoms with van der Waals surface area (Å²) in [5.41, 5.74) is 0. The summed E-state index contributed by atoms with van der Waals surface area (Å²) in [5.74, 6) is 0.962. The fraction of sp³-hybridized carbons (Fsp3) is 0.636. The monoisotopic (exact) mass is 273 g/mol. The molecule has 0 radical (unpaired) electrons. The van der Waals surface area contributed by atoms with Crippen LogP contribution < -0.4 is 5.32 Å². The van der Waals surface area contributed by atoms with Crippen LogP contribution in [0, 0.1) is 0 Å². The van der Waals surface area contributed by atoms with Crippen molar-refractivity contribution >= 4 is 15.9 Å². The minimum absolute atomic E-state index is 0.364.